The topological polar surface area (TPSA) is 64.1 Å². The molecule has 0 spiro atoms. The van der Waals surface area contributed by atoms with Gasteiger partial charge in [-0.1, -0.05) is 50.2 Å². The molecule has 2 atom stereocenters. The van der Waals surface area contributed by atoms with Crippen LogP contribution in [0.4, 0.5) is 0 Å². The maximum absolute atomic E-state index is 13.3. The average molecular weight is 464 g/mol. The highest BCUT2D eigenvalue weighted by Gasteiger charge is 2.32. The Hall–Kier alpha value is -2.96. The fraction of sp³-hybridized carbons (Fsp3) is 0.429. The van der Waals surface area contributed by atoms with E-state index in [0.29, 0.717) is 13.1 Å². The van der Waals surface area contributed by atoms with E-state index in [4.69, 9.17) is 5.11 Å². The standard InChI is InChI=1S/C28H37N3O3/c1-5-29(6-2)19-25-8-7-9-26(16-25)28(34)30-17-21(3)31(22(4)18-30)20-24-12-10-23(11-13-24)14-15-27(32)33/h7-16,21-22H,5-6,17-20H2,1-4H3,(H,32,33)/b15-14+/t21-,22+. The first-order valence-corrected chi connectivity index (χ1v) is 12.2. The fourth-order valence-corrected chi connectivity index (χ4v) is 4.64. The second-order valence-electron chi connectivity index (χ2n) is 9.16. The molecule has 3 rings (SSSR count). The summed E-state index contributed by atoms with van der Waals surface area (Å²) in [6.07, 6.45) is 2.74. The lowest BCUT2D eigenvalue weighted by Crippen LogP contribution is -2.57. The van der Waals surface area contributed by atoms with Gasteiger partial charge in [-0.25, -0.2) is 4.79 Å². The predicted octanol–water partition coefficient (Wildman–Crippen LogP) is 4.36. The Labute approximate surface area is 203 Å². The van der Waals surface area contributed by atoms with Crippen LogP contribution in [0.2, 0.25) is 0 Å². The minimum Gasteiger partial charge on any atom is -0.478 e. The first-order chi connectivity index (χ1) is 16.3. The van der Waals surface area contributed by atoms with Crippen LogP contribution in [-0.2, 0) is 17.9 Å². The number of hydrogen-bond acceptors (Lipinski definition) is 4. The van der Waals surface area contributed by atoms with Gasteiger partial charge in [-0.05, 0) is 61.8 Å². The summed E-state index contributed by atoms with van der Waals surface area (Å²) in [6, 6.07) is 16.5. The monoisotopic (exact) mass is 463 g/mol. The quantitative estimate of drug-likeness (QED) is 0.560. The number of amides is 1. The third-order valence-electron chi connectivity index (χ3n) is 6.63. The van der Waals surface area contributed by atoms with E-state index in [1.807, 2.05) is 47.4 Å². The summed E-state index contributed by atoms with van der Waals surface area (Å²) < 4.78 is 0. The number of carboxylic acid groups (broad SMARTS) is 1. The Morgan fingerprint density at radius 1 is 1.00 bits per heavy atom. The molecule has 1 aliphatic heterocycles. The largest absolute Gasteiger partial charge is 0.478 e. The van der Waals surface area contributed by atoms with Crippen LogP contribution in [0.3, 0.4) is 0 Å². The van der Waals surface area contributed by atoms with Crippen LogP contribution >= 0.6 is 0 Å². The van der Waals surface area contributed by atoms with Gasteiger partial charge in [-0.15, -0.1) is 0 Å². The molecule has 1 N–H and O–H groups in total. The number of nitrogens with zero attached hydrogens (tertiary/aromatic N) is 3. The zero-order chi connectivity index (χ0) is 24.7. The van der Waals surface area contributed by atoms with E-state index in [1.165, 1.54) is 11.1 Å². The summed E-state index contributed by atoms with van der Waals surface area (Å²) >= 11 is 0. The molecule has 1 saturated heterocycles. The third-order valence-corrected chi connectivity index (χ3v) is 6.63. The number of hydrogen-bond donors (Lipinski definition) is 1. The summed E-state index contributed by atoms with van der Waals surface area (Å²) in [5.41, 5.74) is 3.99. The number of benzene rings is 2. The van der Waals surface area contributed by atoms with Crippen molar-refractivity contribution in [1.82, 2.24) is 14.7 Å². The summed E-state index contributed by atoms with van der Waals surface area (Å²) in [7, 11) is 0. The molecular weight excluding hydrogens is 426 g/mol. The molecule has 0 radical (unpaired) electrons. The maximum Gasteiger partial charge on any atom is 0.328 e. The number of carbonyl (C=O) groups excluding carboxylic acids is 1. The van der Waals surface area contributed by atoms with Crippen LogP contribution in [0.25, 0.3) is 6.08 Å². The van der Waals surface area contributed by atoms with Gasteiger partial charge >= 0.3 is 5.97 Å². The molecule has 6 heteroatoms. The van der Waals surface area contributed by atoms with Crippen molar-refractivity contribution in [1.29, 1.82) is 0 Å². The summed E-state index contributed by atoms with van der Waals surface area (Å²) in [4.78, 5) is 30.8. The summed E-state index contributed by atoms with van der Waals surface area (Å²) in [5, 5.41) is 8.78. The molecule has 2 aromatic carbocycles. The molecule has 0 saturated carbocycles. The molecule has 0 unspecified atom stereocenters. The Kier molecular flexibility index (Phi) is 9.02. The zero-order valence-electron chi connectivity index (χ0n) is 20.8. The number of carboxylic acids is 1. The Balaban J connectivity index is 1.63. The fourth-order valence-electron chi connectivity index (χ4n) is 4.64. The van der Waals surface area contributed by atoms with E-state index in [2.05, 4.69) is 43.6 Å². The van der Waals surface area contributed by atoms with Crippen LogP contribution in [0.1, 0.15) is 54.7 Å². The minimum atomic E-state index is -0.949. The van der Waals surface area contributed by atoms with Crippen molar-refractivity contribution in [3.63, 3.8) is 0 Å². The van der Waals surface area contributed by atoms with Gasteiger partial charge in [0.05, 0.1) is 0 Å². The molecule has 0 aromatic heterocycles. The second-order valence-corrected chi connectivity index (χ2v) is 9.16. The molecule has 1 fully saturated rings. The SMILES string of the molecule is CCN(CC)Cc1cccc(C(=O)N2C[C@@H](C)N(Cc3ccc(/C=C/C(=O)O)cc3)[C@@H](C)C2)c1. The van der Waals surface area contributed by atoms with Crippen LogP contribution in [0, 0.1) is 0 Å². The van der Waals surface area contributed by atoms with Crippen LogP contribution in [0.5, 0.6) is 0 Å². The minimum absolute atomic E-state index is 0.106. The van der Waals surface area contributed by atoms with Crippen molar-refractivity contribution in [2.75, 3.05) is 26.2 Å². The Morgan fingerprint density at radius 2 is 1.65 bits per heavy atom. The predicted molar refractivity (Wildman–Crippen MR) is 137 cm³/mol. The van der Waals surface area contributed by atoms with E-state index in [9.17, 15) is 9.59 Å². The molecule has 0 aliphatic carbocycles. The van der Waals surface area contributed by atoms with Gasteiger partial charge in [-0.3, -0.25) is 14.6 Å². The van der Waals surface area contributed by atoms with Gasteiger partial charge in [0.15, 0.2) is 0 Å². The number of aliphatic carboxylic acids is 1. The van der Waals surface area contributed by atoms with Crippen molar-refractivity contribution in [3.8, 4) is 0 Å². The normalized spacial score (nSPS) is 19.1. The van der Waals surface area contributed by atoms with Crippen LogP contribution in [0.15, 0.2) is 54.6 Å². The highest BCUT2D eigenvalue weighted by Crippen LogP contribution is 2.22. The molecule has 6 nitrogen and oxygen atoms in total. The maximum atomic E-state index is 13.3. The Bertz CT molecular complexity index is 986. The van der Waals surface area contributed by atoms with Crippen molar-refractivity contribution in [2.24, 2.45) is 0 Å². The molecule has 34 heavy (non-hydrogen) atoms. The highest BCUT2D eigenvalue weighted by molar-refractivity contribution is 5.94. The lowest BCUT2D eigenvalue weighted by atomic mass is 10.0. The van der Waals surface area contributed by atoms with E-state index in [-0.39, 0.29) is 18.0 Å². The van der Waals surface area contributed by atoms with E-state index < -0.39 is 5.97 Å². The molecular formula is C28H37N3O3. The number of carbonyl (C=O) groups is 2. The lowest BCUT2D eigenvalue weighted by Gasteiger charge is -2.44. The first kappa shape index (κ1) is 25.7. The molecule has 182 valence electrons. The number of piperazine rings is 1. The van der Waals surface area contributed by atoms with Crippen molar-refractivity contribution >= 4 is 18.0 Å². The lowest BCUT2D eigenvalue weighted by molar-refractivity contribution is -0.131. The van der Waals surface area contributed by atoms with Crippen molar-refractivity contribution in [3.05, 3.63) is 76.9 Å². The van der Waals surface area contributed by atoms with E-state index in [1.54, 1.807) is 6.08 Å². The van der Waals surface area contributed by atoms with Gasteiger partial charge in [0.1, 0.15) is 0 Å². The van der Waals surface area contributed by atoms with Gasteiger partial charge in [0.25, 0.3) is 5.91 Å². The molecule has 1 heterocycles. The highest BCUT2D eigenvalue weighted by atomic mass is 16.4. The molecule has 1 amide bonds. The van der Waals surface area contributed by atoms with Gasteiger partial charge in [0.2, 0.25) is 0 Å². The van der Waals surface area contributed by atoms with E-state index >= 15 is 0 Å². The number of rotatable bonds is 9. The van der Waals surface area contributed by atoms with Crippen molar-refractivity contribution in [2.45, 2.75) is 52.9 Å². The Morgan fingerprint density at radius 3 is 2.24 bits per heavy atom. The van der Waals surface area contributed by atoms with Crippen LogP contribution < -0.4 is 0 Å². The molecule has 1 aliphatic rings. The van der Waals surface area contributed by atoms with E-state index in [0.717, 1.165) is 43.4 Å². The van der Waals surface area contributed by atoms with Gasteiger partial charge < -0.3 is 10.0 Å². The molecule has 2 aromatic rings. The molecule has 0 bridgehead atoms. The van der Waals surface area contributed by atoms with Gasteiger partial charge in [0, 0.05) is 49.9 Å². The van der Waals surface area contributed by atoms with Gasteiger partial charge in [-0.2, -0.15) is 0 Å². The first-order valence-electron chi connectivity index (χ1n) is 12.2. The zero-order valence-corrected chi connectivity index (χ0v) is 20.8. The smallest absolute Gasteiger partial charge is 0.328 e. The third kappa shape index (κ3) is 6.78. The van der Waals surface area contributed by atoms with Crippen molar-refractivity contribution < 1.29 is 14.7 Å². The average Bonchev–Trinajstić information content (AvgIpc) is 2.83. The second kappa shape index (κ2) is 12.0. The summed E-state index contributed by atoms with van der Waals surface area (Å²) in [6.45, 7) is 13.7. The van der Waals surface area contributed by atoms with Crippen LogP contribution in [-0.4, -0.2) is 69.9 Å². The summed E-state index contributed by atoms with van der Waals surface area (Å²) in [5.74, 6) is -0.843.